The highest BCUT2D eigenvalue weighted by Gasteiger charge is 2.44. The van der Waals surface area contributed by atoms with Crippen LogP contribution in [-0.4, -0.2) is 23.6 Å². The van der Waals surface area contributed by atoms with E-state index in [0.29, 0.717) is 18.0 Å². The molecule has 1 saturated heterocycles. The van der Waals surface area contributed by atoms with E-state index in [2.05, 4.69) is 17.4 Å². The Balaban J connectivity index is 1.33. The number of fused-ring (bicyclic) bond motifs is 1. The molecule has 1 N–H and O–H groups in total. The lowest BCUT2D eigenvalue weighted by Gasteiger charge is -2.29. The summed E-state index contributed by atoms with van der Waals surface area (Å²) in [7, 11) is 0. The van der Waals surface area contributed by atoms with Gasteiger partial charge in [0.25, 0.3) is 0 Å². The molecule has 34 heavy (non-hydrogen) atoms. The summed E-state index contributed by atoms with van der Waals surface area (Å²) in [4.78, 5) is 32.5. The van der Waals surface area contributed by atoms with E-state index in [1.54, 1.807) is 0 Å². The molecular weight excluding hydrogens is 446 g/mol. The second-order valence-corrected chi connectivity index (χ2v) is 9.66. The predicted octanol–water partition coefficient (Wildman–Crippen LogP) is 5.06. The lowest BCUT2D eigenvalue weighted by Crippen LogP contribution is -2.40. The highest BCUT2D eigenvalue weighted by molar-refractivity contribution is 6.30. The monoisotopic (exact) mass is 469 g/mol. The van der Waals surface area contributed by atoms with Crippen molar-refractivity contribution in [2.75, 3.05) is 4.90 Å². The van der Waals surface area contributed by atoms with E-state index in [1.807, 2.05) is 65.6 Å². The number of nitrogens with zero attached hydrogens (tertiary/aromatic N) is 2. The van der Waals surface area contributed by atoms with Gasteiger partial charge in [-0.15, -0.1) is 0 Å². The summed E-state index contributed by atoms with van der Waals surface area (Å²) in [6.45, 7) is 0.570. The molecule has 0 aromatic heterocycles. The van der Waals surface area contributed by atoms with Crippen LogP contribution in [0.5, 0.6) is 0 Å². The van der Waals surface area contributed by atoms with Gasteiger partial charge in [-0.25, -0.2) is 0 Å². The second-order valence-electron chi connectivity index (χ2n) is 9.23. The molecule has 0 radical (unpaired) electrons. The number of aliphatic imine (C=N–C) groups is 1. The Morgan fingerprint density at radius 2 is 1.76 bits per heavy atom. The molecule has 6 rings (SSSR count). The van der Waals surface area contributed by atoms with Crippen LogP contribution in [0, 0.1) is 5.92 Å². The topological polar surface area (TPSA) is 61.8 Å². The Bertz CT molecular complexity index is 1300. The number of hydrogen-bond acceptors (Lipinski definition) is 3. The smallest absolute Gasteiger partial charge is 0.229 e. The number of nitrogens with one attached hydrogen (secondary N) is 1. The lowest BCUT2D eigenvalue weighted by atomic mass is 9.97. The predicted molar refractivity (Wildman–Crippen MR) is 133 cm³/mol. The Morgan fingerprint density at radius 3 is 2.50 bits per heavy atom. The third-order valence-electron chi connectivity index (χ3n) is 6.89. The number of benzene rings is 3. The standard InChI is InChI=1S/C28H24ClN3O2/c29-21-10-8-17(9-11-21)26-23-13-12-22(14-20(23)16-30-26)32-25(33)15-24(31-28(34)19-6-7-19)27(32)18-4-2-1-3-5-18/h1-5,8-14,19,24,27H,6-7,15-16H2,(H,31,34)/t24-,27+/m0/s1. The third kappa shape index (κ3) is 3.80. The van der Waals surface area contributed by atoms with E-state index in [9.17, 15) is 9.59 Å². The van der Waals surface area contributed by atoms with Gasteiger partial charge in [0.1, 0.15) is 0 Å². The van der Waals surface area contributed by atoms with Gasteiger partial charge in [-0.2, -0.15) is 0 Å². The zero-order valence-electron chi connectivity index (χ0n) is 18.6. The van der Waals surface area contributed by atoms with Crippen LogP contribution in [0.1, 0.15) is 47.6 Å². The van der Waals surface area contributed by atoms with Crippen LogP contribution in [0.15, 0.2) is 77.8 Å². The van der Waals surface area contributed by atoms with Crippen molar-refractivity contribution in [1.82, 2.24) is 5.32 Å². The van der Waals surface area contributed by atoms with Gasteiger partial charge < -0.3 is 10.2 Å². The fraction of sp³-hybridized carbons (Fsp3) is 0.250. The molecule has 2 atom stereocenters. The van der Waals surface area contributed by atoms with Crippen molar-refractivity contribution in [3.8, 4) is 0 Å². The molecule has 2 aliphatic heterocycles. The highest BCUT2D eigenvalue weighted by atomic mass is 35.5. The van der Waals surface area contributed by atoms with Gasteiger partial charge in [0.15, 0.2) is 0 Å². The number of carbonyl (C=O) groups excluding carboxylic acids is 2. The molecule has 5 nitrogen and oxygen atoms in total. The van der Waals surface area contributed by atoms with Crippen LogP contribution >= 0.6 is 11.6 Å². The second kappa shape index (κ2) is 8.41. The Kier molecular flexibility index (Phi) is 5.22. The molecule has 0 spiro atoms. The van der Waals surface area contributed by atoms with Crippen LogP contribution in [0.25, 0.3) is 0 Å². The van der Waals surface area contributed by atoms with Crippen molar-refractivity contribution in [3.63, 3.8) is 0 Å². The molecule has 1 saturated carbocycles. The van der Waals surface area contributed by atoms with E-state index in [4.69, 9.17) is 16.6 Å². The summed E-state index contributed by atoms with van der Waals surface area (Å²) < 4.78 is 0. The fourth-order valence-electron chi connectivity index (χ4n) is 5.04. The zero-order valence-corrected chi connectivity index (χ0v) is 19.3. The first-order valence-corrected chi connectivity index (χ1v) is 12.1. The minimum absolute atomic E-state index is 0.0201. The van der Waals surface area contributed by atoms with E-state index >= 15 is 0 Å². The first kappa shape index (κ1) is 21.1. The normalized spacial score (nSPS) is 21.4. The minimum Gasteiger partial charge on any atom is -0.350 e. The van der Waals surface area contributed by atoms with Gasteiger partial charge in [0, 0.05) is 34.2 Å². The average Bonchev–Trinajstić information content (AvgIpc) is 3.55. The summed E-state index contributed by atoms with van der Waals surface area (Å²) >= 11 is 6.05. The van der Waals surface area contributed by atoms with Crippen LogP contribution in [0.2, 0.25) is 5.02 Å². The molecule has 3 aliphatic rings. The first-order chi connectivity index (χ1) is 16.6. The number of hydrogen-bond donors (Lipinski definition) is 1. The van der Waals surface area contributed by atoms with E-state index in [0.717, 1.165) is 46.5 Å². The van der Waals surface area contributed by atoms with Crippen LogP contribution in [0.4, 0.5) is 5.69 Å². The maximum Gasteiger partial charge on any atom is 0.229 e. The molecule has 170 valence electrons. The van der Waals surface area contributed by atoms with E-state index in [1.165, 1.54) is 0 Å². The van der Waals surface area contributed by atoms with Crippen molar-refractivity contribution in [2.45, 2.75) is 37.9 Å². The van der Waals surface area contributed by atoms with Crippen LogP contribution < -0.4 is 10.2 Å². The molecule has 6 heteroatoms. The van der Waals surface area contributed by atoms with Crippen molar-refractivity contribution < 1.29 is 9.59 Å². The summed E-state index contributed by atoms with van der Waals surface area (Å²) in [5.74, 6) is 0.186. The van der Waals surface area contributed by atoms with Crippen molar-refractivity contribution in [3.05, 3.63) is 100 Å². The molecule has 2 heterocycles. The van der Waals surface area contributed by atoms with E-state index in [-0.39, 0.29) is 29.8 Å². The molecule has 3 aromatic rings. The van der Waals surface area contributed by atoms with Gasteiger partial charge >= 0.3 is 0 Å². The number of halogens is 1. The molecular formula is C28H24ClN3O2. The lowest BCUT2D eigenvalue weighted by molar-refractivity contribution is -0.123. The van der Waals surface area contributed by atoms with Crippen molar-refractivity contribution in [1.29, 1.82) is 0 Å². The molecule has 0 bridgehead atoms. The maximum absolute atomic E-state index is 13.3. The quantitative estimate of drug-likeness (QED) is 0.567. The number of amides is 2. The maximum atomic E-state index is 13.3. The minimum atomic E-state index is -0.253. The van der Waals surface area contributed by atoms with Crippen LogP contribution in [0.3, 0.4) is 0 Å². The van der Waals surface area contributed by atoms with Gasteiger partial charge in [-0.3, -0.25) is 14.6 Å². The number of carbonyl (C=O) groups is 2. The van der Waals surface area contributed by atoms with Gasteiger partial charge in [-0.1, -0.05) is 60.1 Å². The summed E-state index contributed by atoms with van der Waals surface area (Å²) in [6.07, 6.45) is 2.17. The largest absolute Gasteiger partial charge is 0.350 e. The van der Waals surface area contributed by atoms with Gasteiger partial charge in [0.05, 0.1) is 24.3 Å². The van der Waals surface area contributed by atoms with Crippen molar-refractivity contribution >= 4 is 34.8 Å². The van der Waals surface area contributed by atoms with Crippen molar-refractivity contribution in [2.24, 2.45) is 10.9 Å². The summed E-state index contributed by atoms with van der Waals surface area (Å²) in [5.41, 5.74) is 6.00. The fourth-order valence-corrected chi connectivity index (χ4v) is 5.17. The SMILES string of the molecule is O=C(N[C@H]1CC(=O)N(c2ccc3c(c2)CN=C3c2ccc(Cl)cc2)[C@@H]1c1ccccc1)C1CC1. The third-order valence-corrected chi connectivity index (χ3v) is 7.14. The summed E-state index contributed by atoms with van der Waals surface area (Å²) in [5, 5.41) is 3.87. The molecule has 0 unspecified atom stereocenters. The molecule has 1 aliphatic carbocycles. The van der Waals surface area contributed by atoms with Gasteiger partial charge in [0.2, 0.25) is 11.8 Å². The van der Waals surface area contributed by atoms with Gasteiger partial charge in [-0.05, 0) is 48.2 Å². The Morgan fingerprint density at radius 1 is 1.00 bits per heavy atom. The Labute approximate surface area is 203 Å². The molecule has 2 amide bonds. The van der Waals surface area contributed by atoms with E-state index < -0.39 is 0 Å². The highest BCUT2D eigenvalue weighted by Crippen LogP contribution is 2.40. The van der Waals surface area contributed by atoms with Crippen LogP contribution in [-0.2, 0) is 16.1 Å². The summed E-state index contributed by atoms with van der Waals surface area (Å²) in [6, 6.07) is 23.3. The number of anilines is 1. The Hall–Kier alpha value is -3.44. The zero-order chi connectivity index (χ0) is 23.2. The molecule has 2 fully saturated rings. The first-order valence-electron chi connectivity index (χ1n) is 11.7. The number of rotatable bonds is 5. The average molecular weight is 470 g/mol. The molecule has 3 aromatic carbocycles.